The summed E-state index contributed by atoms with van der Waals surface area (Å²) in [5.41, 5.74) is 6.25. The molecule has 0 atom stereocenters. The topological polar surface area (TPSA) is 26.0 Å². The van der Waals surface area contributed by atoms with Crippen molar-refractivity contribution in [3.63, 3.8) is 0 Å². The van der Waals surface area contributed by atoms with Crippen molar-refractivity contribution in [2.45, 2.75) is 13.8 Å². The fourth-order valence-electron chi connectivity index (χ4n) is 0. The summed E-state index contributed by atoms with van der Waals surface area (Å²) >= 11 is 3.85. The molecular formula is C4H9NS. The Bertz CT molecular complexity index is 57.6. The van der Waals surface area contributed by atoms with Crippen LogP contribution in [0.2, 0.25) is 0 Å². The second-order valence-corrected chi connectivity index (χ2v) is 1.87. The van der Waals surface area contributed by atoms with E-state index in [0.29, 0.717) is 5.03 Å². The molecular weight excluding hydrogens is 94.1 g/mol. The van der Waals surface area contributed by atoms with Gasteiger partial charge in [-0.25, -0.2) is 0 Å². The van der Waals surface area contributed by atoms with E-state index in [1.54, 1.807) is 0 Å². The highest BCUT2D eigenvalue weighted by Crippen LogP contribution is 1.96. The molecule has 0 saturated carbocycles. The van der Waals surface area contributed by atoms with Gasteiger partial charge in [-0.3, -0.25) is 0 Å². The summed E-state index contributed by atoms with van der Waals surface area (Å²) in [5.74, 6) is 0. The van der Waals surface area contributed by atoms with E-state index >= 15 is 0 Å². The van der Waals surface area contributed by atoms with Gasteiger partial charge in [0.25, 0.3) is 0 Å². The van der Waals surface area contributed by atoms with E-state index < -0.39 is 0 Å². The minimum absolute atomic E-state index is 0.620. The van der Waals surface area contributed by atoms with Crippen LogP contribution < -0.4 is 5.73 Å². The number of rotatable bonds is 0. The Morgan fingerprint density at radius 2 is 1.67 bits per heavy atom. The molecule has 0 aromatic heterocycles. The van der Waals surface area contributed by atoms with Gasteiger partial charge in [0.1, 0.15) is 0 Å². The summed E-state index contributed by atoms with van der Waals surface area (Å²) in [5, 5.41) is 0.620. The number of nitrogens with two attached hydrogens (primary N) is 1. The van der Waals surface area contributed by atoms with E-state index in [4.69, 9.17) is 5.73 Å². The molecule has 2 N–H and O–H groups in total. The molecule has 0 aliphatic heterocycles. The summed E-state index contributed by atoms with van der Waals surface area (Å²) in [6.45, 7) is 3.84. The fourth-order valence-corrected chi connectivity index (χ4v) is 0. The predicted molar refractivity (Wildman–Crippen MR) is 31.5 cm³/mol. The number of hydrogen-bond acceptors (Lipinski definition) is 2. The van der Waals surface area contributed by atoms with Crippen LogP contribution in [0.3, 0.4) is 0 Å². The Labute approximate surface area is 43.6 Å². The van der Waals surface area contributed by atoms with Crippen molar-refractivity contribution in [1.82, 2.24) is 0 Å². The summed E-state index contributed by atoms with van der Waals surface area (Å²) in [7, 11) is 0. The maximum absolute atomic E-state index is 5.18. The molecule has 0 radical (unpaired) electrons. The Morgan fingerprint density at radius 3 is 1.67 bits per heavy atom. The maximum Gasteiger partial charge on any atom is 0.0610 e. The molecule has 0 spiro atoms. The zero-order valence-corrected chi connectivity index (χ0v) is 4.92. The van der Waals surface area contributed by atoms with E-state index in [-0.39, 0.29) is 0 Å². The Morgan fingerprint density at radius 1 is 1.50 bits per heavy atom. The highest BCUT2D eigenvalue weighted by molar-refractivity contribution is 7.84. The fraction of sp³-hybridized carbons (Fsp3) is 0.500. The Kier molecular flexibility index (Phi) is 2.09. The minimum Gasteiger partial charge on any atom is -0.394 e. The zero-order valence-electron chi connectivity index (χ0n) is 4.02. The molecule has 0 aliphatic rings. The van der Waals surface area contributed by atoms with Gasteiger partial charge in [-0.05, 0) is 19.4 Å². The average molecular weight is 103 g/mol. The van der Waals surface area contributed by atoms with Crippen molar-refractivity contribution >= 4 is 12.6 Å². The van der Waals surface area contributed by atoms with Gasteiger partial charge in [-0.1, -0.05) is 0 Å². The second-order valence-electron chi connectivity index (χ2n) is 1.39. The summed E-state index contributed by atoms with van der Waals surface area (Å²) in [4.78, 5) is 0. The van der Waals surface area contributed by atoms with Crippen molar-refractivity contribution in [3.8, 4) is 0 Å². The van der Waals surface area contributed by atoms with E-state index in [1.165, 1.54) is 0 Å². The van der Waals surface area contributed by atoms with E-state index in [0.717, 1.165) is 5.57 Å². The van der Waals surface area contributed by atoms with Gasteiger partial charge in [-0.2, -0.15) is 0 Å². The molecule has 0 aromatic rings. The van der Waals surface area contributed by atoms with Crippen LogP contribution in [0, 0.1) is 0 Å². The van der Waals surface area contributed by atoms with Gasteiger partial charge in [0.15, 0.2) is 0 Å². The molecule has 2 heteroatoms. The SMILES string of the molecule is CC(C)=C(N)S. The normalized spacial score (nSPS) is 7.83. The lowest BCUT2D eigenvalue weighted by atomic mass is 10.4. The van der Waals surface area contributed by atoms with Gasteiger partial charge in [0.2, 0.25) is 0 Å². The van der Waals surface area contributed by atoms with Crippen LogP contribution in [0.5, 0.6) is 0 Å². The lowest BCUT2D eigenvalue weighted by Gasteiger charge is -1.87. The van der Waals surface area contributed by atoms with E-state index in [9.17, 15) is 0 Å². The average Bonchev–Trinajstić information content (AvgIpc) is 1.36. The first-order valence-electron chi connectivity index (χ1n) is 1.76. The van der Waals surface area contributed by atoms with Gasteiger partial charge < -0.3 is 5.73 Å². The first-order chi connectivity index (χ1) is 2.64. The molecule has 0 bridgehead atoms. The molecule has 36 valence electrons. The van der Waals surface area contributed by atoms with Crippen molar-refractivity contribution in [2.24, 2.45) is 5.73 Å². The van der Waals surface area contributed by atoms with E-state index in [2.05, 4.69) is 12.6 Å². The van der Waals surface area contributed by atoms with Crippen LogP contribution in [0.4, 0.5) is 0 Å². The van der Waals surface area contributed by atoms with Gasteiger partial charge >= 0.3 is 0 Å². The van der Waals surface area contributed by atoms with Crippen LogP contribution >= 0.6 is 12.6 Å². The third kappa shape index (κ3) is 2.15. The van der Waals surface area contributed by atoms with E-state index in [1.807, 2.05) is 13.8 Å². The van der Waals surface area contributed by atoms with Crippen molar-refractivity contribution in [2.75, 3.05) is 0 Å². The van der Waals surface area contributed by atoms with Crippen LogP contribution in [-0.4, -0.2) is 0 Å². The van der Waals surface area contributed by atoms with Crippen molar-refractivity contribution in [3.05, 3.63) is 10.6 Å². The number of hydrogen-bond donors (Lipinski definition) is 2. The lowest BCUT2D eigenvalue weighted by Crippen LogP contribution is -1.88. The van der Waals surface area contributed by atoms with Gasteiger partial charge in [0, 0.05) is 0 Å². The largest absolute Gasteiger partial charge is 0.394 e. The van der Waals surface area contributed by atoms with Crippen molar-refractivity contribution in [1.29, 1.82) is 0 Å². The smallest absolute Gasteiger partial charge is 0.0610 e. The molecule has 1 nitrogen and oxygen atoms in total. The van der Waals surface area contributed by atoms with Crippen LogP contribution in [-0.2, 0) is 0 Å². The quantitative estimate of drug-likeness (QED) is 0.441. The van der Waals surface area contributed by atoms with Crippen molar-refractivity contribution < 1.29 is 0 Å². The zero-order chi connectivity index (χ0) is 5.15. The summed E-state index contributed by atoms with van der Waals surface area (Å²) < 4.78 is 0. The predicted octanol–water partition coefficient (Wildman–Crippen LogP) is 1.13. The molecule has 0 rings (SSSR count). The van der Waals surface area contributed by atoms with Crippen LogP contribution in [0.15, 0.2) is 10.6 Å². The summed E-state index contributed by atoms with van der Waals surface area (Å²) in [6, 6.07) is 0. The van der Waals surface area contributed by atoms with Gasteiger partial charge in [0.05, 0.1) is 5.03 Å². The highest BCUT2D eigenvalue weighted by Gasteiger charge is 1.77. The first kappa shape index (κ1) is 5.89. The monoisotopic (exact) mass is 103 g/mol. The molecule has 6 heavy (non-hydrogen) atoms. The molecule has 0 aromatic carbocycles. The summed E-state index contributed by atoms with van der Waals surface area (Å²) in [6.07, 6.45) is 0. The third-order valence-electron chi connectivity index (χ3n) is 0.512. The number of thiol groups is 1. The maximum atomic E-state index is 5.18. The van der Waals surface area contributed by atoms with Crippen LogP contribution in [0.25, 0.3) is 0 Å². The molecule has 0 heterocycles. The minimum atomic E-state index is 0.620. The lowest BCUT2D eigenvalue weighted by molar-refractivity contribution is 1.32. The third-order valence-corrected chi connectivity index (χ3v) is 0.959. The standard InChI is InChI=1S/C4H9NS/c1-3(2)4(5)6/h6H,5H2,1-2H3. The van der Waals surface area contributed by atoms with Gasteiger partial charge in [-0.15, -0.1) is 12.6 Å². The second kappa shape index (κ2) is 2.13. The van der Waals surface area contributed by atoms with Crippen LogP contribution in [0.1, 0.15) is 13.8 Å². The molecule has 0 saturated heterocycles. The molecule has 0 amide bonds. The Balaban J connectivity index is 3.68. The molecule has 0 aliphatic carbocycles. The molecule has 0 fully saturated rings. The highest BCUT2D eigenvalue weighted by atomic mass is 32.1. The Hall–Kier alpha value is -0.110. The molecule has 0 unspecified atom stereocenters. The number of allylic oxidation sites excluding steroid dienone is 1. The first-order valence-corrected chi connectivity index (χ1v) is 2.21.